The molecule has 0 bridgehead atoms. The molecule has 20 heavy (non-hydrogen) atoms. The first-order valence-electron chi connectivity index (χ1n) is 5.67. The zero-order chi connectivity index (χ0) is 15.4. The summed E-state index contributed by atoms with van der Waals surface area (Å²) in [4.78, 5) is 23.1. The van der Waals surface area contributed by atoms with Crippen molar-refractivity contribution in [2.45, 2.75) is 13.5 Å². The molecule has 0 saturated carbocycles. The number of pyridine rings is 1. The SMILES string of the molecule is C=C(C)C(=O)OCCn1c(O)c(C#N)c(=C)c(=C)c1=O. The molecule has 0 aliphatic heterocycles. The second kappa shape index (κ2) is 5.89. The summed E-state index contributed by atoms with van der Waals surface area (Å²) in [6.07, 6.45) is 0. The molecule has 1 aromatic heterocycles. The van der Waals surface area contributed by atoms with Gasteiger partial charge in [-0.05, 0) is 6.92 Å². The van der Waals surface area contributed by atoms with Gasteiger partial charge in [0.25, 0.3) is 5.56 Å². The van der Waals surface area contributed by atoms with Crippen LogP contribution in [0, 0.1) is 11.3 Å². The van der Waals surface area contributed by atoms with Crippen LogP contribution in [0.3, 0.4) is 0 Å². The fraction of sp³-hybridized carbons (Fsp3) is 0.214. The van der Waals surface area contributed by atoms with E-state index in [9.17, 15) is 14.7 Å². The Morgan fingerprint density at radius 3 is 2.55 bits per heavy atom. The predicted octanol–water partition coefficient (Wildman–Crippen LogP) is -0.635. The van der Waals surface area contributed by atoms with Crippen LogP contribution >= 0.6 is 0 Å². The summed E-state index contributed by atoms with van der Waals surface area (Å²) in [7, 11) is 0. The van der Waals surface area contributed by atoms with Crippen molar-refractivity contribution >= 4 is 19.1 Å². The van der Waals surface area contributed by atoms with Crippen molar-refractivity contribution in [1.29, 1.82) is 5.26 Å². The first-order valence-corrected chi connectivity index (χ1v) is 5.67. The molecule has 6 heteroatoms. The Kier molecular flexibility index (Phi) is 4.49. The van der Waals surface area contributed by atoms with Gasteiger partial charge in [0.15, 0.2) is 0 Å². The third kappa shape index (κ3) is 2.78. The van der Waals surface area contributed by atoms with Crippen LogP contribution in [0.1, 0.15) is 12.5 Å². The number of nitriles is 1. The smallest absolute Gasteiger partial charge is 0.333 e. The van der Waals surface area contributed by atoms with E-state index in [1.807, 2.05) is 0 Å². The zero-order valence-electron chi connectivity index (χ0n) is 11.1. The van der Waals surface area contributed by atoms with E-state index in [0.717, 1.165) is 4.57 Å². The van der Waals surface area contributed by atoms with Crippen molar-refractivity contribution in [1.82, 2.24) is 4.57 Å². The minimum atomic E-state index is -0.596. The van der Waals surface area contributed by atoms with Crippen LogP contribution in [0.4, 0.5) is 0 Å². The molecule has 104 valence electrons. The van der Waals surface area contributed by atoms with Gasteiger partial charge in [0, 0.05) is 16.0 Å². The van der Waals surface area contributed by atoms with E-state index in [0.29, 0.717) is 0 Å². The number of aromatic nitrogens is 1. The van der Waals surface area contributed by atoms with Gasteiger partial charge >= 0.3 is 5.97 Å². The molecule has 1 aromatic rings. The standard InChI is InChI=1S/C14H14N2O4/c1-8(2)14(19)20-6-5-16-12(17)10(4)9(3)11(7-15)13(16)18/h18H,1,3-6H2,2H3. The van der Waals surface area contributed by atoms with Crippen molar-refractivity contribution < 1.29 is 14.6 Å². The summed E-state index contributed by atoms with van der Waals surface area (Å²) in [6, 6.07) is 1.76. The van der Waals surface area contributed by atoms with E-state index < -0.39 is 17.4 Å². The number of hydrogen-bond acceptors (Lipinski definition) is 5. The molecule has 1 N–H and O–H groups in total. The van der Waals surface area contributed by atoms with Crippen LogP contribution in [0.5, 0.6) is 5.88 Å². The van der Waals surface area contributed by atoms with E-state index in [4.69, 9.17) is 10.00 Å². The summed E-state index contributed by atoms with van der Waals surface area (Å²) >= 11 is 0. The Morgan fingerprint density at radius 2 is 2.05 bits per heavy atom. The molecule has 0 saturated heterocycles. The summed E-state index contributed by atoms with van der Waals surface area (Å²) in [6.45, 7) is 11.7. The second-order valence-corrected chi connectivity index (χ2v) is 4.14. The van der Waals surface area contributed by atoms with E-state index in [1.54, 1.807) is 6.07 Å². The minimum Gasteiger partial charge on any atom is -0.493 e. The van der Waals surface area contributed by atoms with Gasteiger partial charge in [0.2, 0.25) is 5.88 Å². The second-order valence-electron chi connectivity index (χ2n) is 4.14. The fourth-order valence-electron chi connectivity index (χ4n) is 1.49. The highest BCUT2D eigenvalue weighted by Gasteiger charge is 2.12. The van der Waals surface area contributed by atoms with Crippen molar-refractivity contribution in [3.05, 3.63) is 38.5 Å². The maximum Gasteiger partial charge on any atom is 0.333 e. The number of carbonyl (C=O) groups excluding carboxylic acids is 1. The summed E-state index contributed by atoms with van der Waals surface area (Å²) in [5.74, 6) is -1.11. The third-order valence-electron chi connectivity index (χ3n) is 2.66. The normalized spacial score (nSPS) is 9.80. The molecule has 0 fully saturated rings. The summed E-state index contributed by atoms with van der Waals surface area (Å²) in [5, 5.41) is 18.9. The summed E-state index contributed by atoms with van der Waals surface area (Å²) in [5.41, 5.74) is -0.482. The van der Waals surface area contributed by atoms with Gasteiger partial charge in [-0.25, -0.2) is 4.79 Å². The van der Waals surface area contributed by atoms with Gasteiger partial charge in [0.05, 0.1) is 6.54 Å². The maximum atomic E-state index is 11.9. The average Bonchev–Trinajstić information content (AvgIpc) is 2.40. The number of hydrogen-bond donors (Lipinski definition) is 1. The number of nitrogens with zero attached hydrogens (tertiary/aromatic N) is 2. The Balaban J connectivity index is 3.13. The molecule has 0 spiro atoms. The number of ether oxygens (including phenoxy) is 1. The van der Waals surface area contributed by atoms with E-state index in [-0.39, 0.29) is 34.7 Å². The summed E-state index contributed by atoms with van der Waals surface area (Å²) < 4.78 is 5.75. The Morgan fingerprint density at radius 1 is 1.45 bits per heavy atom. The Hall–Kier alpha value is -2.81. The van der Waals surface area contributed by atoms with Crippen molar-refractivity contribution in [3.63, 3.8) is 0 Å². The van der Waals surface area contributed by atoms with Crippen LogP contribution in [-0.2, 0) is 16.1 Å². The number of rotatable bonds is 4. The average molecular weight is 274 g/mol. The van der Waals surface area contributed by atoms with Gasteiger partial charge in [-0.3, -0.25) is 9.36 Å². The topological polar surface area (TPSA) is 92.3 Å². The van der Waals surface area contributed by atoms with Gasteiger partial charge < -0.3 is 9.84 Å². The lowest BCUT2D eigenvalue weighted by Crippen LogP contribution is -2.45. The van der Waals surface area contributed by atoms with Gasteiger partial charge in [-0.15, -0.1) is 0 Å². The van der Waals surface area contributed by atoms with E-state index >= 15 is 0 Å². The highest BCUT2D eigenvalue weighted by molar-refractivity contribution is 5.86. The molecule has 1 rings (SSSR count). The minimum absolute atomic E-state index is 0.0191. The van der Waals surface area contributed by atoms with Crippen LogP contribution in [-0.4, -0.2) is 22.2 Å². The maximum absolute atomic E-state index is 11.9. The van der Waals surface area contributed by atoms with Crippen LogP contribution in [0.25, 0.3) is 13.2 Å². The van der Waals surface area contributed by atoms with Gasteiger partial charge in [-0.2, -0.15) is 5.26 Å². The lowest BCUT2D eigenvalue weighted by Gasteiger charge is -2.10. The quantitative estimate of drug-likeness (QED) is 0.582. The molecule has 0 aromatic carbocycles. The molecule has 0 aliphatic rings. The predicted molar refractivity (Wildman–Crippen MR) is 73.1 cm³/mol. The van der Waals surface area contributed by atoms with Crippen LogP contribution in [0.2, 0.25) is 0 Å². The number of aromatic hydroxyl groups is 1. The highest BCUT2D eigenvalue weighted by atomic mass is 16.5. The monoisotopic (exact) mass is 274 g/mol. The van der Waals surface area contributed by atoms with Crippen LogP contribution in [0.15, 0.2) is 16.9 Å². The van der Waals surface area contributed by atoms with Crippen molar-refractivity contribution in [3.8, 4) is 11.9 Å². The fourth-order valence-corrected chi connectivity index (χ4v) is 1.49. The van der Waals surface area contributed by atoms with E-state index in [2.05, 4.69) is 19.7 Å². The van der Waals surface area contributed by atoms with Crippen LogP contribution < -0.4 is 16.0 Å². The highest BCUT2D eigenvalue weighted by Crippen LogP contribution is 2.07. The molecule has 6 nitrogen and oxygen atoms in total. The number of esters is 1. The van der Waals surface area contributed by atoms with Crippen molar-refractivity contribution in [2.24, 2.45) is 0 Å². The lowest BCUT2D eigenvalue weighted by atomic mass is 10.2. The Bertz CT molecular complexity index is 768. The van der Waals surface area contributed by atoms with Crippen molar-refractivity contribution in [2.75, 3.05) is 6.61 Å². The first kappa shape index (κ1) is 15.2. The molecular weight excluding hydrogens is 260 g/mol. The van der Waals surface area contributed by atoms with Gasteiger partial charge in [0.1, 0.15) is 18.2 Å². The molecule has 0 atom stereocenters. The first-order chi connectivity index (χ1) is 9.31. The number of carbonyl (C=O) groups is 1. The molecule has 0 radical (unpaired) electrons. The molecule has 1 heterocycles. The van der Waals surface area contributed by atoms with E-state index in [1.165, 1.54) is 6.92 Å². The molecular formula is C14H14N2O4. The molecule has 0 aliphatic carbocycles. The van der Waals surface area contributed by atoms with Gasteiger partial charge in [-0.1, -0.05) is 19.7 Å². The zero-order valence-corrected chi connectivity index (χ0v) is 11.1. The molecule has 0 amide bonds. The molecule has 0 unspecified atom stereocenters. The Labute approximate surface area is 115 Å². The lowest BCUT2D eigenvalue weighted by molar-refractivity contribution is -0.139. The third-order valence-corrected chi connectivity index (χ3v) is 2.66. The largest absolute Gasteiger partial charge is 0.493 e.